The molecule has 1 aromatic carbocycles. The second-order valence-corrected chi connectivity index (χ2v) is 4.74. The van der Waals surface area contributed by atoms with Gasteiger partial charge in [0.1, 0.15) is 5.82 Å². The van der Waals surface area contributed by atoms with Crippen LogP contribution in [0.2, 0.25) is 0 Å². The molecule has 94 valence electrons. The Hall–Kier alpha value is -1.74. The Morgan fingerprint density at radius 2 is 2.11 bits per heavy atom. The number of hydrogen-bond acceptors (Lipinski definition) is 3. The Morgan fingerprint density at radius 1 is 1.28 bits per heavy atom. The molecular formula is C15H19N3. The summed E-state index contributed by atoms with van der Waals surface area (Å²) < 4.78 is 0. The minimum atomic E-state index is 0.191. The van der Waals surface area contributed by atoms with E-state index in [1.54, 1.807) is 0 Å². The fourth-order valence-corrected chi connectivity index (χ4v) is 1.84. The van der Waals surface area contributed by atoms with Crippen LogP contribution in [0.5, 0.6) is 0 Å². The van der Waals surface area contributed by atoms with Crippen molar-refractivity contribution >= 4 is 0 Å². The van der Waals surface area contributed by atoms with E-state index in [0.29, 0.717) is 0 Å². The topological polar surface area (TPSA) is 51.8 Å². The molecule has 1 aromatic heterocycles. The molecule has 0 bridgehead atoms. The van der Waals surface area contributed by atoms with E-state index >= 15 is 0 Å². The van der Waals surface area contributed by atoms with Gasteiger partial charge in [-0.2, -0.15) is 0 Å². The van der Waals surface area contributed by atoms with Crippen molar-refractivity contribution in [2.45, 2.75) is 32.7 Å². The molecule has 18 heavy (non-hydrogen) atoms. The quantitative estimate of drug-likeness (QED) is 0.895. The summed E-state index contributed by atoms with van der Waals surface area (Å²) in [4.78, 5) is 8.88. The van der Waals surface area contributed by atoms with Crippen LogP contribution in [0.25, 0.3) is 11.3 Å². The fourth-order valence-electron chi connectivity index (χ4n) is 1.84. The van der Waals surface area contributed by atoms with Gasteiger partial charge in [-0.1, -0.05) is 23.8 Å². The van der Waals surface area contributed by atoms with Crippen molar-refractivity contribution in [3.63, 3.8) is 0 Å². The van der Waals surface area contributed by atoms with Crippen molar-refractivity contribution in [1.29, 1.82) is 0 Å². The summed E-state index contributed by atoms with van der Waals surface area (Å²) in [5, 5.41) is 0. The Bertz CT molecular complexity index is 521. The van der Waals surface area contributed by atoms with Crippen molar-refractivity contribution in [3.05, 3.63) is 47.9 Å². The molecule has 0 radical (unpaired) electrons. The van der Waals surface area contributed by atoms with Gasteiger partial charge in [0.15, 0.2) is 0 Å². The minimum absolute atomic E-state index is 0.191. The van der Waals surface area contributed by atoms with Crippen LogP contribution in [0, 0.1) is 6.92 Å². The third kappa shape index (κ3) is 3.37. The van der Waals surface area contributed by atoms with Crippen LogP contribution in [0.4, 0.5) is 0 Å². The van der Waals surface area contributed by atoms with Crippen LogP contribution in [0.1, 0.15) is 24.7 Å². The van der Waals surface area contributed by atoms with Gasteiger partial charge < -0.3 is 5.73 Å². The van der Waals surface area contributed by atoms with Gasteiger partial charge in [-0.25, -0.2) is 9.97 Å². The molecule has 0 aliphatic carbocycles. The summed E-state index contributed by atoms with van der Waals surface area (Å²) in [5.74, 6) is 0.867. The Labute approximate surface area is 108 Å². The monoisotopic (exact) mass is 241 g/mol. The number of rotatable bonds is 4. The standard InChI is InChI=1S/C15H19N3/c1-11-4-3-5-13(10-11)14-8-9-17-15(18-14)7-6-12(2)16/h3-5,8-10,12H,6-7,16H2,1-2H3. The molecule has 3 nitrogen and oxygen atoms in total. The smallest absolute Gasteiger partial charge is 0.129 e. The molecule has 2 N–H and O–H groups in total. The molecule has 0 spiro atoms. The SMILES string of the molecule is Cc1cccc(-c2ccnc(CCC(C)N)n2)c1. The van der Waals surface area contributed by atoms with E-state index in [1.807, 2.05) is 19.2 Å². The number of nitrogens with zero attached hydrogens (tertiary/aromatic N) is 2. The maximum atomic E-state index is 5.75. The zero-order valence-electron chi connectivity index (χ0n) is 10.9. The summed E-state index contributed by atoms with van der Waals surface area (Å²) in [7, 11) is 0. The highest BCUT2D eigenvalue weighted by molar-refractivity contribution is 5.59. The van der Waals surface area contributed by atoms with Gasteiger partial charge in [0, 0.05) is 24.2 Å². The molecule has 0 saturated carbocycles. The van der Waals surface area contributed by atoms with E-state index in [4.69, 9.17) is 5.73 Å². The van der Waals surface area contributed by atoms with E-state index in [0.717, 1.165) is 29.9 Å². The highest BCUT2D eigenvalue weighted by Gasteiger charge is 2.03. The highest BCUT2D eigenvalue weighted by atomic mass is 14.9. The molecule has 0 saturated heterocycles. The van der Waals surface area contributed by atoms with Crippen molar-refractivity contribution in [1.82, 2.24) is 9.97 Å². The van der Waals surface area contributed by atoms with Gasteiger partial charge >= 0.3 is 0 Å². The van der Waals surface area contributed by atoms with Crippen molar-refractivity contribution in [2.75, 3.05) is 0 Å². The fraction of sp³-hybridized carbons (Fsp3) is 0.333. The number of aryl methyl sites for hydroxylation is 2. The summed E-state index contributed by atoms with van der Waals surface area (Å²) in [6.07, 6.45) is 3.57. The Kier molecular flexibility index (Phi) is 4.05. The van der Waals surface area contributed by atoms with Crippen molar-refractivity contribution < 1.29 is 0 Å². The first-order valence-electron chi connectivity index (χ1n) is 6.29. The van der Waals surface area contributed by atoms with Gasteiger partial charge in [0.2, 0.25) is 0 Å². The minimum Gasteiger partial charge on any atom is -0.328 e. The zero-order valence-corrected chi connectivity index (χ0v) is 10.9. The van der Waals surface area contributed by atoms with Crippen LogP contribution in [-0.2, 0) is 6.42 Å². The second-order valence-electron chi connectivity index (χ2n) is 4.74. The zero-order chi connectivity index (χ0) is 13.0. The first kappa shape index (κ1) is 12.7. The van der Waals surface area contributed by atoms with Crippen LogP contribution in [-0.4, -0.2) is 16.0 Å². The number of benzene rings is 1. The lowest BCUT2D eigenvalue weighted by molar-refractivity contribution is 0.648. The van der Waals surface area contributed by atoms with Gasteiger partial charge in [-0.3, -0.25) is 0 Å². The van der Waals surface area contributed by atoms with Crippen LogP contribution >= 0.6 is 0 Å². The molecule has 2 rings (SSSR count). The molecule has 3 heteroatoms. The van der Waals surface area contributed by atoms with Crippen LogP contribution in [0.15, 0.2) is 36.5 Å². The molecule has 0 aliphatic rings. The maximum Gasteiger partial charge on any atom is 0.129 e. The molecule has 1 unspecified atom stereocenters. The van der Waals surface area contributed by atoms with E-state index in [2.05, 4.69) is 41.2 Å². The van der Waals surface area contributed by atoms with Gasteiger partial charge in [-0.15, -0.1) is 0 Å². The predicted molar refractivity (Wildman–Crippen MR) is 74.2 cm³/mol. The van der Waals surface area contributed by atoms with Crippen LogP contribution < -0.4 is 5.73 Å². The van der Waals surface area contributed by atoms with E-state index in [-0.39, 0.29) is 6.04 Å². The average molecular weight is 241 g/mol. The molecule has 1 heterocycles. The van der Waals surface area contributed by atoms with Crippen molar-refractivity contribution in [3.8, 4) is 11.3 Å². The van der Waals surface area contributed by atoms with Gasteiger partial charge in [0.05, 0.1) is 5.69 Å². The third-order valence-electron chi connectivity index (χ3n) is 2.84. The van der Waals surface area contributed by atoms with E-state index in [1.165, 1.54) is 5.56 Å². The molecule has 1 atom stereocenters. The highest BCUT2D eigenvalue weighted by Crippen LogP contribution is 2.17. The molecule has 2 aromatic rings. The lowest BCUT2D eigenvalue weighted by Gasteiger charge is -2.06. The second kappa shape index (κ2) is 5.74. The summed E-state index contributed by atoms with van der Waals surface area (Å²) in [6.45, 7) is 4.09. The van der Waals surface area contributed by atoms with E-state index in [9.17, 15) is 0 Å². The van der Waals surface area contributed by atoms with Crippen molar-refractivity contribution in [2.24, 2.45) is 5.73 Å². The lowest BCUT2D eigenvalue weighted by Crippen LogP contribution is -2.16. The average Bonchev–Trinajstić information content (AvgIpc) is 2.37. The molecular weight excluding hydrogens is 222 g/mol. The van der Waals surface area contributed by atoms with Crippen LogP contribution in [0.3, 0.4) is 0 Å². The van der Waals surface area contributed by atoms with Gasteiger partial charge in [-0.05, 0) is 32.4 Å². The summed E-state index contributed by atoms with van der Waals surface area (Å²) in [5.41, 5.74) is 9.11. The number of nitrogens with two attached hydrogens (primary N) is 1. The van der Waals surface area contributed by atoms with Gasteiger partial charge in [0.25, 0.3) is 0 Å². The van der Waals surface area contributed by atoms with E-state index < -0.39 is 0 Å². The predicted octanol–water partition coefficient (Wildman–Crippen LogP) is 2.73. The molecule has 0 aliphatic heterocycles. The third-order valence-corrected chi connectivity index (χ3v) is 2.84. The summed E-state index contributed by atoms with van der Waals surface area (Å²) >= 11 is 0. The number of aromatic nitrogens is 2. The normalized spacial score (nSPS) is 12.4. The first-order chi connectivity index (χ1) is 8.65. The summed E-state index contributed by atoms with van der Waals surface area (Å²) in [6, 6.07) is 10.5. The first-order valence-corrected chi connectivity index (χ1v) is 6.29. The Morgan fingerprint density at radius 3 is 2.83 bits per heavy atom. The largest absolute Gasteiger partial charge is 0.328 e. The molecule has 0 amide bonds. The molecule has 0 fully saturated rings. The Balaban J connectivity index is 2.21. The maximum absolute atomic E-state index is 5.75. The lowest BCUT2D eigenvalue weighted by atomic mass is 10.1. The number of hydrogen-bond donors (Lipinski definition) is 1.